The van der Waals surface area contributed by atoms with E-state index in [1.807, 2.05) is 0 Å². The molecule has 2 unspecified atom stereocenters. The van der Waals surface area contributed by atoms with Crippen molar-refractivity contribution in [1.29, 1.82) is 0 Å². The SMILES string of the molecule is CC1CCNC1C(=O)NCC1(O)CCCCCC1. The van der Waals surface area contributed by atoms with Crippen LogP contribution in [-0.2, 0) is 4.79 Å². The number of nitrogens with one attached hydrogen (secondary N) is 2. The third-order valence-electron chi connectivity index (χ3n) is 4.44. The van der Waals surface area contributed by atoms with E-state index in [1.54, 1.807) is 0 Å². The number of carbonyl (C=O) groups is 1. The molecule has 1 saturated heterocycles. The van der Waals surface area contributed by atoms with Gasteiger partial charge in [-0.2, -0.15) is 0 Å². The molecule has 1 saturated carbocycles. The molecular formula is C14H26N2O2. The molecule has 0 spiro atoms. The molecule has 1 amide bonds. The van der Waals surface area contributed by atoms with Crippen LogP contribution in [0.1, 0.15) is 51.9 Å². The van der Waals surface area contributed by atoms with E-state index in [0.29, 0.717) is 12.5 Å². The van der Waals surface area contributed by atoms with Gasteiger partial charge < -0.3 is 15.7 Å². The van der Waals surface area contributed by atoms with Crippen LogP contribution in [0.5, 0.6) is 0 Å². The molecule has 1 heterocycles. The van der Waals surface area contributed by atoms with Gasteiger partial charge in [0, 0.05) is 6.54 Å². The molecule has 2 aliphatic rings. The van der Waals surface area contributed by atoms with E-state index < -0.39 is 5.60 Å². The summed E-state index contributed by atoms with van der Waals surface area (Å²) < 4.78 is 0. The first-order valence-electron chi connectivity index (χ1n) is 7.34. The second kappa shape index (κ2) is 6.02. The Hall–Kier alpha value is -0.610. The van der Waals surface area contributed by atoms with Crippen LogP contribution in [0.2, 0.25) is 0 Å². The predicted molar refractivity (Wildman–Crippen MR) is 71.2 cm³/mol. The number of hydrogen-bond donors (Lipinski definition) is 3. The second-order valence-corrected chi connectivity index (χ2v) is 6.05. The summed E-state index contributed by atoms with van der Waals surface area (Å²) in [6.07, 6.45) is 7.26. The van der Waals surface area contributed by atoms with Gasteiger partial charge in [0.1, 0.15) is 0 Å². The van der Waals surface area contributed by atoms with Crippen molar-refractivity contribution >= 4 is 5.91 Å². The van der Waals surface area contributed by atoms with Crippen LogP contribution in [0.15, 0.2) is 0 Å². The molecule has 0 bridgehead atoms. The highest BCUT2D eigenvalue weighted by Crippen LogP contribution is 2.26. The van der Waals surface area contributed by atoms with E-state index in [4.69, 9.17) is 0 Å². The number of hydrogen-bond acceptors (Lipinski definition) is 3. The zero-order chi connectivity index (χ0) is 13.0. The average molecular weight is 254 g/mol. The van der Waals surface area contributed by atoms with Gasteiger partial charge in [-0.1, -0.05) is 32.6 Å². The van der Waals surface area contributed by atoms with Crippen molar-refractivity contribution in [1.82, 2.24) is 10.6 Å². The Bertz CT molecular complexity index is 286. The largest absolute Gasteiger partial charge is 0.388 e. The molecule has 4 nitrogen and oxygen atoms in total. The number of amides is 1. The van der Waals surface area contributed by atoms with E-state index >= 15 is 0 Å². The fourth-order valence-corrected chi connectivity index (χ4v) is 3.11. The van der Waals surface area contributed by atoms with Gasteiger partial charge in [-0.05, 0) is 31.7 Å². The van der Waals surface area contributed by atoms with Crippen molar-refractivity contribution < 1.29 is 9.90 Å². The minimum absolute atomic E-state index is 0.0534. The van der Waals surface area contributed by atoms with Crippen molar-refractivity contribution in [2.45, 2.75) is 63.5 Å². The van der Waals surface area contributed by atoms with Crippen molar-refractivity contribution in [3.05, 3.63) is 0 Å². The van der Waals surface area contributed by atoms with Crippen molar-refractivity contribution in [3.8, 4) is 0 Å². The zero-order valence-corrected chi connectivity index (χ0v) is 11.4. The quantitative estimate of drug-likeness (QED) is 0.663. The molecule has 2 fully saturated rings. The highest BCUT2D eigenvalue weighted by atomic mass is 16.3. The maximum atomic E-state index is 12.0. The molecule has 1 aliphatic heterocycles. The van der Waals surface area contributed by atoms with E-state index in [2.05, 4.69) is 17.6 Å². The van der Waals surface area contributed by atoms with Crippen LogP contribution < -0.4 is 10.6 Å². The van der Waals surface area contributed by atoms with E-state index in [0.717, 1.165) is 38.6 Å². The number of aliphatic hydroxyl groups is 1. The molecule has 0 aromatic carbocycles. The molecule has 2 rings (SSSR count). The minimum Gasteiger partial charge on any atom is -0.388 e. The van der Waals surface area contributed by atoms with E-state index in [-0.39, 0.29) is 11.9 Å². The van der Waals surface area contributed by atoms with Crippen LogP contribution in [0.25, 0.3) is 0 Å². The zero-order valence-electron chi connectivity index (χ0n) is 11.4. The van der Waals surface area contributed by atoms with Crippen LogP contribution in [0.3, 0.4) is 0 Å². The van der Waals surface area contributed by atoms with Gasteiger partial charge in [0.2, 0.25) is 5.91 Å². The van der Waals surface area contributed by atoms with Gasteiger partial charge in [0.25, 0.3) is 0 Å². The third kappa shape index (κ3) is 3.45. The first-order chi connectivity index (χ1) is 8.61. The Morgan fingerprint density at radius 2 is 2.00 bits per heavy atom. The monoisotopic (exact) mass is 254 g/mol. The summed E-state index contributed by atoms with van der Waals surface area (Å²) in [7, 11) is 0. The Morgan fingerprint density at radius 1 is 1.33 bits per heavy atom. The van der Waals surface area contributed by atoms with Gasteiger partial charge >= 0.3 is 0 Å². The fourth-order valence-electron chi connectivity index (χ4n) is 3.11. The molecule has 4 heteroatoms. The molecule has 0 aromatic rings. The summed E-state index contributed by atoms with van der Waals surface area (Å²) in [5.74, 6) is 0.450. The lowest BCUT2D eigenvalue weighted by atomic mass is 9.94. The van der Waals surface area contributed by atoms with Gasteiger partial charge in [-0.3, -0.25) is 4.79 Å². The maximum absolute atomic E-state index is 12.0. The van der Waals surface area contributed by atoms with E-state index in [9.17, 15) is 9.90 Å². The average Bonchev–Trinajstić information content (AvgIpc) is 2.65. The Balaban J connectivity index is 1.80. The summed E-state index contributed by atoms with van der Waals surface area (Å²) >= 11 is 0. The van der Waals surface area contributed by atoms with Crippen LogP contribution in [0.4, 0.5) is 0 Å². The molecule has 0 radical (unpaired) electrons. The van der Waals surface area contributed by atoms with Crippen LogP contribution >= 0.6 is 0 Å². The standard InChI is InChI=1S/C14H26N2O2/c1-11-6-9-15-12(11)13(17)16-10-14(18)7-4-2-3-5-8-14/h11-12,15,18H,2-10H2,1H3,(H,16,17). The summed E-state index contributed by atoms with van der Waals surface area (Å²) in [5.41, 5.74) is -0.673. The first-order valence-corrected chi connectivity index (χ1v) is 7.34. The number of rotatable bonds is 3. The topological polar surface area (TPSA) is 61.4 Å². The van der Waals surface area contributed by atoms with Crippen molar-refractivity contribution in [2.24, 2.45) is 5.92 Å². The second-order valence-electron chi connectivity index (χ2n) is 6.05. The molecular weight excluding hydrogens is 228 g/mol. The van der Waals surface area contributed by atoms with Gasteiger partial charge in [-0.25, -0.2) is 0 Å². The summed E-state index contributed by atoms with van der Waals surface area (Å²) in [4.78, 5) is 12.0. The Labute approximate surface area is 110 Å². The maximum Gasteiger partial charge on any atom is 0.237 e. The highest BCUT2D eigenvalue weighted by molar-refractivity contribution is 5.82. The fraction of sp³-hybridized carbons (Fsp3) is 0.929. The lowest BCUT2D eigenvalue weighted by Gasteiger charge is -2.28. The smallest absolute Gasteiger partial charge is 0.237 e. The molecule has 2 atom stereocenters. The minimum atomic E-state index is -0.673. The Morgan fingerprint density at radius 3 is 2.56 bits per heavy atom. The van der Waals surface area contributed by atoms with E-state index in [1.165, 1.54) is 12.8 Å². The summed E-state index contributed by atoms with van der Waals surface area (Å²) in [6.45, 7) is 3.44. The van der Waals surface area contributed by atoms with Gasteiger partial charge in [-0.15, -0.1) is 0 Å². The summed E-state index contributed by atoms with van der Waals surface area (Å²) in [6, 6.07) is -0.0700. The number of carbonyl (C=O) groups excluding carboxylic acids is 1. The summed E-state index contributed by atoms with van der Waals surface area (Å²) in [5, 5.41) is 16.6. The molecule has 18 heavy (non-hydrogen) atoms. The highest BCUT2D eigenvalue weighted by Gasteiger charge is 2.32. The van der Waals surface area contributed by atoms with Crippen molar-refractivity contribution in [3.63, 3.8) is 0 Å². The predicted octanol–water partition coefficient (Wildman–Crippen LogP) is 1.19. The lowest BCUT2D eigenvalue weighted by molar-refractivity contribution is -0.125. The Kier molecular flexibility index (Phi) is 4.62. The molecule has 0 aromatic heterocycles. The lowest BCUT2D eigenvalue weighted by Crippen LogP contribution is -2.49. The molecule has 3 N–H and O–H groups in total. The van der Waals surface area contributed by atoms with Gasteiger partial charge in [0.05, 0.1) is 11.6 Å². The van der Waals surface area contributed by atoms with Crippen LogP contribution in [0, 0.1) is 5.92 Å². The normalized spacial score (nSPS) is 31.9. The van der Waals surface area contributed by atoms with Gasteiger partial charge in [0.15, 0.2) is 0 Å². The molecule has 1 aliphatic carbocycles. The third-order valence-corrected chi connectivity index (χ3v) is 4.44. The van der Waals surface area contributed by atoms with Crippen molar-refractivity contribution in [2.75, 3.05) is 13.1 Å². The first kappa shape index (κ1) is 13.8. The van der Waals surface area contributed by atoms with Crippen LogP contribution in [-0.4, -0.2) is 35.7 Å². The molecule has 104 valence electrons.